The van der Waals surface area contributed by atoms with Gasteiger partial charge in [-0.3, -0.25) is 14.2 Å². The molecule has 5 rings (SSSR count). The maximum absolute atomic E-state index is 13.6. The minimum atomic E-state index is -1.13. The Morgan fingerprint density at radius 2 is 1.28 bits per heavy atom. The van der Waals surface area contributed by atoms with Crippen LogP contribution in [0.15, 0.2) is 132 Å². The first-order valence-electron chi connectivity index (χ1n) is 15.5. The highest BCUT2D eigenvalue weighted by Crippen LogP contribution is 2.30. The monoisotopic (exact) mass is 633 g/mol. The fourth-order valence-corrected chi connectivity index (χ4v) is 5.22. The molecule has 0 unspecified atom stereocenters. The van der Waals surface area contributed by atoms with Crippen LogP contribution in [0.25, 0.3) is 5.69 Å². The number of carbonyl (C=O) groups excluding carboxylic acids is 1. The average Bonchev–Trinajstić information content (AvgIpc) is 3.11. The third-order valence-electron chi connectivity index (χ3n) is 7.73. The zero-order chi connectivity index (χ0) is 33.0. The fraction of sp³-hybridized carbons (Fsp3) is 0.231. The third kappa shape index (κ3) is 9.12. The summed E-state index contributed by atoms with van der Waals surface area (Å²) in [5, 5.41) is 11.7. The van der Waals surface area contributed by atoms with E-state index in [0.717, 1.165) is 16.7 Å². The Labute approximate surface area is 274 Å². The molecule has 47 heavy (non-hydrogen) atoms. The molecule has 0 saturated heterocycles. The van der Waals surface area contributed by atoms with Gasteiger partial charge in [-0.1, -0.05) is 91.0 Å². The van der Waals surface area contributed by atoms with Gasteiger partial charge in [0.25, 0.3) is 5.56 Å². The maximum atomic E-state index is 13.6. The van der Waals surface area contributed by atoms with Gasteiger partial charge in [0.1, 0.15) is 24.1 Å². The van der Waals surface area contributed by atoms with Gasteiger partial charge < -0.3 is 24.1 Å². The normalized spacial score (nSPS) is 13.1. The van der Waals surface area contributed by atoms with Crippen molar-refractivity contribution in [2.75, 3.05) is 13.7 Å². The van der Waals surface area contributed by atoms with Crippen LogP contribution in [-0.2, 0) is 34.0 Å². The highest BCUT2D eigenvalue weighted by atomic mass is 16.6. The zero-order valence-corrected chi connectivity index (χ0v) is 26.5. The standard InChI is InChI=1S/C39H39NO7/c1-28(41)35-22-32(23-40(39(35)43)33-18-20-34(44-2)21-19-33)37(46-25-30-14-8-4-9-15-30)38(47-26-31-16-10-5-11-17-31)36(42)27-45-24-29-12-6-3-7-13-29/h3-23,36-38,42H,24-27H2,1-2H3/t36-,37-,38-/m1/s1. The summed E-state index contributed by atoms with van der Waals surface area (Å²) in [4.78, 5) is 26.4. The topological polar surface area (TPSA) is 96.2 Å². The van der Waals surface area contributed by atoms with Crippen molar-refractivity contribution in [3.63, 3.8) is 0 Å². The van der Waals surface area contributed by atoms with Crippen molar-refractivity contribution in [2.24, 2.45) is 0 Å². The van der Waals surface area contributed by atoms with E-state index in [9.17, 15) is 14.7 Å². The molecule has 3 atom stereocenters. The Bertz CT molecular complexity index is 1760. The minimum absolute atomic E-state index is 0.0109. The molecule has 1 N–H and O–H groups in total. The molecule has 1 heterocycles. The number of methoxy groups -OCH3 is 1. The Morgan fingerprint density at radius 3 is 1.81 bits per heavy atom. The summed E-state index contributed by atoms with van der Waals surface area (Å²) in [6.07, 6.45) is -1.35. The van der Waals surface area contributed by atoms with E-state index in [4.69, 9.17) is 18.9 Å². The molecule has 5 aromatic rings. The quantitative estimate of drug-likeness (QED) is 0.125. The van der Waals surface area contributed by atoms with Crippen LogP contribution >= 0.6 is 0 Å². The van der Waals surface area contributed by atoms with E-state index >= 15 is 0 Å². The highest BCUT2D eigenvalue weighted by Gasteiger charge is 2.33. The Hall–Kier alpha value is -4.86. The van der Waals surface area contributed by atoms with E-state index in [1.165, 1.54) is 17.6 Å². The van der Waals surface area contributed by atoms with E-state index in [2.05, 4.69) is 0 Å². The highest BCUT2D eigenvalue weighted by molar-refractivity contribution is 5.94. The molecule has 0 spiro atoms. The number of aliphatic hydroxyl groups excluding tert-OH is 1. The summed E-state index contributed by atoms with van der Waals surface area (Å²) in [7, 11) is 1.56. The summed E-state index contributed by atoms with van der Waals surface area (Å²) in [6.45, 7) is 1.98. The second kappa shape index (κ2) is 16.6. The number of ketones is 1. The molecule has 0 aliphatic rings. The number of hydrogen-bond acceptors (Lipinski definition) is 7. The number of pyridine rings is 1. The molecule has 0 saturated carbocycles. The Morgan fingerprint density at radius 1 is 0.745 bits per heavy atom. The van der Waals surface area contributed by atoms with Crippen molar-refractivity contribution in [3.8, 4) is 11.4 Å². The van der Waals surface area contributed by atoms with Crippen LogP contribution in [0, 0.1) is 0 Å². The number of nitrogens with zero attached hydrogens (tertiary/aromatic N) is 1. The van der Waals surface area contributed by atoms with Crippen molar-refractivity contribution >= 4 is 5.78 Å². The predicted octanol–water partition coefficient (Wildman–Crippen LogP) is 6.47. The lowest BCUT2D eigenvalue weighted by Gasteiger charge is -2.32. The van der Waals surface area contributed by atoms with Gasteiger partial charge in [-0.15, -0.1) is 0 Å². The molecule has 0 fully saturated rings. The maximum Gasteiger partial charge on any atom is 0.265 e. The van der Waals surface area contributed by atoms with Crippen LogP contribution in [-0.4, -0.2) is 41.4 Å². The minimum Gasteiger partial charge on any atom is -0.497 e. The third-order valence-corrected chi connectivity index (χ3v) is 7.73. The van der Waals surface area contributed by atoms with E-state index in [-0.39, 0.29) is 25.4 Å². The van der Waals surface area contributed by atoms with Crippen LogP contribution in [0.2, 0.25) is 0 Å². The van der Waals surface area contributed by atoms with Crippen molar-refractivity contribution < 1.29 is 28.8 Å². The van der Waals surface area contributed by atoms with Gasteiger partial charge in [-0.05, 0) is 53.9 Å². The second-order valence-corrected chi connectivity index (χ2v) is 11.2. The molecule has 0 bridgehead atoms. The summed E-state index contributed by atoms with van der Waals surface area (Å²) >= 11 is 0. The number of aliphatic hydroxyl groups is 1. The molecule has 1 aromatic heterocycles. The van der Waals surface area contributed by atoms with Gasteiger partial charge in [0, 0.05) is 17.4 Å². The zero-order valence-electron chi connectivity index (χ0n) is 26.5. The predicted molar refractivity (Wildman–Crippen MR) is 180 cm³/mol. The molecule has 4 aromatic carbocycles. The molecule has 8 heteroatoms. The molecule has 0 aliphatic carbocycles. The fourth-order valence-electron chi connectivity index (χ4n) is 5.22. The number of benzene rings is 4. The molecule has 0 radical (unpaired) electrons. The molecular weight excluding hydrogens is 594 g/mol. The van der Waals surface area contributed by atoms with Crippen molar-refractivity contribution in [1.29, 1.82) is 0 Å². The lowest BCUT2D eigenvalue weighted by Crippen LogP contribution is -2.40. The molecule has 0 aliphatic heterocycles. The lowest BCUT2D eigenvalue weighted by molar-refractivity contribution is -0.150. The van der Waals surface area contributed by atoms with Crippen LogP contribution in [0.3, 0.4) is 0 Å². The van der Waals surface area contributed by atoms with Gasteiger partial charge >= 0.3 is 0 Å². The van der Waals surface area contributed by atoms with Crippen molar-refractivity contribution in [1.82, 2.24) is 4.57 Å². The van der Waals surface area contributed by atoms with Crippen molar-refractivity contribution in [2.45, 2.75) is 45.1 Å². The van der Waals surface area contributed by atoms with Gasteiger partial charge in [0.15, 0.2) is 5.78 Å². The molecule has 0 amide bonds. The Balaban J connectivity index is 1.55. The number of hydrogen-bond donors (Lipinski definition) is 1. The Kier molecular flexibility index (Phi) is 11.9. The molecular formula is C39H39NO7. The summed E-state index contributed by atoms with van der Waals surface area (Å²) in [6, 6.07) is 37.5. The van der Waals surface area contributed by atoms with Gasteiger partial charge in [-0.2, -0.15) is 0 Å². The van der Waals surface area contributed by atoms with E-state index in [1.807, 2.05) is 91.0 Å². The van der Waals surface area contributed by atoms with Crippen LogP contribution in [0.5, 0.6) is 5.75 Å². The summed E-state index contributed by atoms with van der Waals surface area (Å²) in [5.41, 5.74) is 3.33. The first kappa shape index (κ1) is 33.5. The second-order valence-electron chi connectivity index (χ2n) is 11.2. The summed E-state index contributed by atoms with van der Waals surface area (Å²) in [5.74, 6) is 0.233. The first-order chi connectivity index (χ1) is 22.9. The number of Topliss-reactive ketones (excluding diaryl/α,β-unsaturated/α-hetero) is 1. The van der Waals surface area contributed by atoms with Gasteiger partial charge in [-0.25, -0.2) is 0 Å². The van der Waals surface area contributed by atoms with Crippen LogP contribution < -0.4 is 10.3 Å². The number of rotatable bonds is 16. The number of carbonyl (C=O) groups is 1. The average molecular weight is 634 g/mol. The van der Waals surface area contributed by atoms with Crippen LogP contribution in [0.1, 0.15) is 45.6 Å². The van der Waals surface area contributed by atoms with E-state index in [1.54, 1.807) is 37.6 Å². The molecule has 8 nitrogen and oxygen atoms in total. The first-order valence-corrected chi connectivity index (χ1v) is 15.5. The van der Waals surface area contributed by atoms with E-state index < -0.39 is 29.7 Å². The van der Waals surface area contributed by atoms with Crippen LogP contribution in [0.4, 0.5) is 0 Å². The lowest BCUT2D eigenvalue weighted by atomic mass is 9.98. The smallest absolute Gasteiger partial charge is 0.265 e. The number of aromatic nitrogens is 1. The SMILES string of the molecule is COc1ccc(-n2cc([C@@H](OCc3ccccc3)[C@H](OCc3ccccc3)[C@H](O)COCc3ccccc3)cc(C(C)=O)c2=O)cc1. The number of ether oxygens (including phenoxy) is 4. The van der Waals surface area contributed by atoms with Crippen molar-refractivity contribution in [3.05, 3.63) is 166 Å². The largest absolute Gasteiger partial charge is 0.497 e. The van der Waals surface area contributed by atoms with E-state index in [0.29, 0.717) is 23.6 Å². The van der Waals surface area contributed by atoms with Gasteiger partial charge in [0.05, 0.1) is 39.1 Å². The molecule has 242 valence electrons. The summed E-state index contributed by atoms with van der Waals surface area (Å²) < 4.78 is 25.7. The van der Waals surface area contributed by atoms with Gasteiger partial charge in [0.2, 0.25) is 0 Å².